The molecular formula is C17H18N2OS. The Morgan fingerprint density at radius 2 is 2.05 bits per heavy atom. The molecule has 0 radical (unpaired) electrons. The number of carbonyl (C=O) groups is 1. The normalized spacial score (nSPS) is 18.6. The fourth-order valence-electron chi connectivity index (χ4n) is 3.35. The third-order valence-corrected chi connectivity index (χ3v) is 5.51. The molecule has 0 bridgehead atoms. The van der Waals surface area contributed by atoms with E-state index >= 15 is 0 Å². The number of benzene rings is 1. The minimum atomic E-state index is 0.0864. The Kier molecular flexibility index (Phi) is 3.26. The number of amides is 1. The number of thiazole rings is 1. The van der Waals surface area contributed by atoms with Crippen LogP contribution >= 0.6 is 11.3 Å². The number of fused-ring (bicyclic) bond motifs is 1. The maximum absolute atomic E-state index is 11.4. The molecule has 1 aromatic heterocycles. The van der Waals surface area contributed by atoms with Crippen LogP contribution in [0.1, 0.15) is 48.6 Å². The Morgan fingerprint density at radius 3 is 2.90 bits per heavy atom. The first kappa shape index (κ1) is 13.0. The highest BCUT2D eigenvalue weighted by Crippen LogP contribution is 2.36. The molecule has 21 heavy (non-hydrogen) atoms. The zero-order valence-corrected chi connectivity index (χ0v) is 12.7. The van der Waals surface area contributed by atoms with E-state index in [2.05, 4.69) is 22.8 Å². The molecule has 1 fully saturated rings. The standard InChI is InChI=1S/C17H18N2OS/c20-16-9-13-8-12(6-7-14(13)18-16)15-10-21-17(19-15)11-4-2-1-3-5-11/h6-8,10-11H,1-5,9H2,(H,18,20). The van der Waals surface area contributed by atoms with Gasteiger partial charge in [-0.05, 0) is 30.5 Å². The van der Waals surface area contributed by atoms with Crippen molar-refractivity contribution in [2.24, 2.45) is 0 Å². The van der Waals surface area contributed by atoms with Crippen LogP contribution in [-0.4, -0.2) is 10.9 Å². The summed E-state index contributed by atoms with van der Waals surface area (Å²) in [6.07, 6.45) is 7.12. The minimum Gasteiger partial charge on any atom is -0.326 e. The van der Waals surface area contributed by atoms with Gasteiger partial charge in [0.25, 0.3) is 0 Å². The molecular weight excluding hydrogens is 280 g/mol. The number of nitrogens with zero attached hydrogens (tertiary/aromatic N) is 1. The lowest BCUT2D eigenvalue weighted by atomic mass is 9.90. The van der Waals surface area contributed by atoms with Gasteiger partial charge >= 0.3 is 0 Å². The van der Waals surface area contributed by atoms with E-state index in [1.807, 2.05) is 6.07 Å². The van der Waals surface area contributed by atoms with Crippen LogP contribution in [0.5, 0.6) is 0 Å². The molecule has 0 unspecified atom stereocenters. The third kappa shape index (κ3) is 2.48. The Bertz CT molecular complexity index is 686. The zero-order valence-electron chi connectivity index (χ0n) is 11.9. The van der Waals surface area contributed by atoms with Crippen molar-refractivity contribution < 1.29 is 4.79 Å². The lowest BCUT2D eigenvalue weighted by Crippen LogP contribution is -2.03. The van der Waals surface area contributed by atoms with Crippen molar-refractivity contribution in [3.63, 3.8) is 0 Å². The van der Waals surface area contributed by atoms with E-state index in [9.17, 15) is 4.79 Å². The zero-order chi connectivity index (χ0) is 14.2. The Hall–Kier alpha value is -1.68. The van der Waals surface area contributed by atoms with E-state index in [1.54, 1.807) is 11.3 Å². The van der Waals surface area contributed by atoms with Crippen molar-refractivity contribution in [3.8, 4) is 11.3 Å². The van der Waals surface area contributed by atoms with Crippen LogP contribution in [-0.2, 0) is 11.2 Å². The number of rotatable bonds is 2. The molecule has 2 aromatic rings. The molecule has 0 atom stereocenters. The second-order valence-electron chi connectivity index (χ2n) is 6.00. The molecule has 3 nitrogen and oxygen atoms in total. The first-order valence-electron chi connectivity index (χ1n) is 7.68. The van der Waals surface area contributed by atoms with Gasteiger partial charge in [-0.1, -0.05) is 25.3 Å². The molecule has 2 aliphatic rings. The summed E-state index contributed by atoms with van der Waals surface area (Å²) < 4.78 is 0. The summed E-state index contributed by atoms with van der Waals surface area (Å²) in [6, 6.07) is 6.16. The van der Waals surface area contributed by atoms with Crippen LogP contribution < -0.4 is 5.32 Å². The van der Waals surface area contributed by atoms with Gasteiger partial charge in [-0.3, -0.25) is 4.79 Å². The van der Waals surface area contributed by atoms with Crippen molar-refractivity contribution in [2.45, 2.75) is 44.4 Å². The van der Waals surface area contributed by atoms with Gasteiger partial charge in [0.1, 0.15) is 0 Å². The number of nitrogens with one attached hydrogen (secondary N) is 1. The highest BCUT2D eigenvalue weighted by Gasteiger charge is 2.21. The number of anilines is 1. The Morgan fingerprint density at radius 1 is 1.19 bits per heavy atom. The number of aromatic nitrogens is 1. The topological polar surface area (TPSA) is 42.0 Å². The maximum atomic E-state index is 11.4. The van der Waals surface area contributed by atoms with Gasteiger partial charge in [-0.25, -0.2) is 4.98 Å². The lowest BCUT2D eigenvalue weighted by molar-refractivity contribution is -0.115. The van der Waals surface area contributed by atoms with Gasteiger partial charge in [-0.2, -0.15) is 0 Å². The fourth-order valence-corrected chi connectivity index (χ4v) is 4.35. The molecule has 0 spiro atoms. The number of hydrogen-bond acceptors (Lipinski definition) is 3. The first-order chi connectivity index (χ1) is 10.3. The molecule has 2 heterocycles. The largest absolute Gasteiger partial charge is 0.326 e. The smallest absolute Gasteiger partial charge is 0.228 e. The molecule has 1 amide bonds. The second-order valence-corrected chi connectivity index (χ2v) is 6.89. The summed E-state index contributed by atoms with van der Waals surface area (Å²) in [4.78, 5) is 16.3. The predicted molar refractivity (Wildman–Crippen MR) is 85.7 cm³/mol. The second kappa shape index (κ2) is 5.26. The lowest BCUT2D eigenvalue weighted by Gasteiger charge is -2.18. The van der Waals surface area contributed by atoms with Crippen molar-refractivity contribution in [1.82, 2.24) is 4.98 Å². The third-order valence-electron chi connectivity index (χ3n) is 4.50. The van der Waals surface area contributed by atoms with Crippen molar-refractivity contribution in [1.29, 1.82) is 0 Å². The Balaban J connectivity index is 1.61. The van der Waals surface area contributed by atoms with Gasteiger partial charge in [0.2, 0.25) is 5.91 Å². The van der Waals surface area contributed by atoms with E-state index < -0.39 is 0 Å². The Labute approximate surface area is 128 Å². The molecule has 1 aromatic carbocycles. The van der Waals surface area contributed by atoms with E-state index in [0.717, 1.165) is 22.5 Å². The highest BCUT2D eigenvalue weighted by molar-refractivity contribution is 7.10. The van der Waals surface area contributed by atoms with Crippen molar-refractivity contribution in [3.05, 3.63) is 34.2 Å². The average molecular weight is 298 g/mol. The van der Waals surface area contributed by atoms with Gasteiger partial charge in [-0.15, -0.1) is 11.3 Å². The van der Waals surface area contributed by atoms with Crippen molar-refractivity contribution >= 4 is 22.9 Å². The summed E-state index contributed by atoms with van der Waals surface area (Å²) >= 11 is 1.79. The van der Waals surface area contributed by atoms with E-state index in [-0.39, 0.29) is 5.91 Å². The molecule has 1 aliphatic heterocycles. The van der Waals surface area contributed by atoms with Gasteiger partial charge in [0.15, 0.2) is 0 Å². The highest BCUT2D eigenvalue weighted by atomic mass is 32.1. The van der Waals surface area contributed by atoms with Crippen LogP contribution in [0.3, 0.4) is 0 Å². The van der Waals surface area contributed by atoms with Crippen LogP contribution in [0.25, 0.3) is 11.3 Å². The molecule has 4 rings (SSSR count). The summed E-state index contributed by atoms with van der Waals surface area (Å²) in [6.45, 7) is 0. The maximum Gasteiger partial charge on any atom is 0.228 e. The average Bonchev–Trinajstić information content (AvgIpc) is 3.12. The van der Waals surface area contributed by atoms with Crippen LogP contribution in [0, 0.1) is 0 Å². The predicted octanol–water partition coefficient (Wildman–Crippen LogP) is 4.35. The molecule has 4 heteroatoms. The fraction of sp³-hybridized carbons (Fsp3) is 0.412. The summed E-state index contributed by atoms with van der Waals surface area (Å²) in [5.41, 5.74) is 4.22. The first-order valence-corrected chi connectivity index (χ1v) is 8.56. The van der Waals surface area contributed by atoms with Crippen molar-refractivity contribution in [2.75, 3.05) is 5.32 Å². The minimum absolute atomic E-state index is 0.0864. The molecule has 1 saturated carbocycles. The van der Waals surface area contributed by atoms with Gasteiger partial charge in [0, 0.05) is 22.5 Å². The van der Waals surface area contributed by atoms with E-state index in [0.29, 0.717) is 12.3 Å². The molecule has 108 valence electrons. The van der Waals surface area contributed by atoms with Crippen LogP contribution in [0.4, 0.5) is 5.69 Å². The summed E-state index contributed by atoms with van der Waals surface area (Å²) in [5, 5.41) is 6.33. The molecule has 1 N–H and O–H groups in total. The van der Waals surface area contributed by atoms with Crippen LogP contribution in [0.15, 0.2) is 23.6 Å². The number of carbonyl (C=O) groups excluding carboxylic acids is 1. The summed E-state index contributed by atoms with van der Waals surface area (Å²) in [5.74, 6) is 0.749. The number of hydrogen-bond donors (Lipinski definition) is 1. The van der Waals surface area contributed by atoms with Gasteiger partial charge < -0.3 is 5.32 Å². The molecule has 0 saturated heterocycles. The summed E-state index contributed by atoms with van der Waals surface area (Å²) in [7, 11) is 0. The van der Waals surface area contributed by atoms with E-state index in [1.165, 1.54) is 37.1 Å². The van der Waals surface area contributed by atoms with Crippen LogP contribution in [0.2, 0.25) is 0 Å². The van der Waals surface area contributed by atoms with E-state index in [4.69, 9.17) is 4.98 Å². The quantitative estimate of drug-likeness (QED) is 0.895. The van der Waals surface area contributed by atoms with Gasteiger partial charge in [0.05, 0.1) is 17.1 Å². The monoisotopic (exact) mass is 298 g/mol. The molecule has 1 aliphatic carbocycles. The SMILES string of the molecule is O=C1Cc2cc(-c3csc(C4CCCCC4)n3)ccc2N1.